The fourth-order valence-electron chi connectivity index (χ4n) is 1.04. The van der Waals surface area contributed by atoms with Gasteiger partial charge in [-0.3, -0.25) is 0 Å². The third-order valence-electron chi connectivity index (χ3n) is 1.70. The van der Waals surface area contributed by atoms with Crippen molar-refractivity contribution in [2.75, 3.05) is 7.11 Å². The quantitative estimate of drug-likeness (QED) is 0.668. The zero-order valence-corrected chi connectivity index (χ0v) is 8.54. The summed E-state index contributed by atoms with van der Waals surface area (Å²) in [5.74, 6) is 0.696. The summed E-state index contributed by atoms with van der Waals surface area (Å²) in [5, 5.41) is 1.34. The largest absolute Gasteiger partial charge is 0.497 e. The van der Waals surface area contributed by atoms with Crippen LogP contribution in [0.3, 0.4) is 0 Å². The molecular formula is C8H9BCl2O. The van der Waals surface area contributed by atoms with E-state index >= 15 is 0 Å². The van der Waals surface area contributed by atoms with Crippen LogP contribution in [0, 0.1) is 0 Å². The fourth-order valence-corrected chi connectivity index (χ4v) is 1.77. The van der Waals surface area contributed by atoms with E-state index in [1.165, 1.54) is 0 Å². The molecule has 0 bridgehead atoms. The highest BCUT2D eigenvalue weighted by Crippen LogP contribution is 2.29. The van der Waals surface area contributed by atoms with Gasteiger partial charge in [0.2, 0.25) is 0 Å². The van der Waals surface area contributed by atoms with Crippen LogP contribution in [0.2, 0.25) is 10.0 Å². The minimum atomic E-state index is 0.668. The highest BCUT2D eigenvalue weighted by molar-refractivity contribution is 6.37. The van der Waals surface area contributed by atoms with Gasteiger partial charge in [0.25, 0.3) is 0 Å². The lowest BCUT2D eigenvalue weighted by atomic mass is 9.97. The van der Waals surface area contributed by atoms with Crippen molar-refractivity contribution in [1.82, 2.24) is 0 Å². The van der Waals surface area contributed by atoms with Gasteiger partial charge in [-0.25, -0.2) is 0 Å². The number of ether oxygens (including phenoxy) is 1. The van der Waals surface area contributed by atoms with Gasteiger partial charge < -0.3 is 4.74 Å². The highest BCUT2D eigenvalue weighted by Gasteiger charge is 2.05. The van der Waals surface area contributed by atoms with Crippen molar-refractivity contribution in [2.24, 2.45) is 0 Å². The van der Waals surface area contributed by atoms with Crippen molar-refractivity contribution >= 4 is 31.0 Å². The third kappa shape index (κ3) is 1.88. The van der Waals surface area contributed by atoms with Crippen molar-refractivity contribution in [3.63, 3.8) is 0 Å². The first-order valence-corrected chi connectivity index (χ1v) is 4.46. The average Bonchev–Trinajstić information content (AvgIpc) is 2.03. The smallest absolute Gasteiger partial charge is 0.121 e. The Balaban J connectivity index is 3.18. The van der Waals surface area contributed by atoms with Crippen molar-refractivity contribution in [3.8, 4) is 5.75 Å². The molecule has 64 valence electrons. The fraction of sp³-hybridized carbons (Fsp3) is 0.250. The van der Waals surface area contributed by atoms with Crippen LogP contribution in [0.5, 0.6) is 5.75 Å². The van der Waals surface area contributed by atoms with E-state index in [1.807, 2.05) is 7.85 Å². The van der Waals surface area contributed by atoms with Crippen molar-refractivity contribution in [3.05, 3.63) is 27.7 Å². The van der Waals surface area contributed by atoms with E-state index in [1.54, 1.807) is 19.2 Å². The minimum absolute atomic E-state index is 0.668. The molecule has 1 aromatic carbocycles. The standard InChI is InChI=1S/C8H9BCl2O/c1-12-5-2-7(10)6(4-9)8(11)3-5/h2-3H,4,9H2,1H3. The zero-order valence-electron chi connectivity index (χ0n) is 7.03. The molecule has 0 amide bonds. The van der Waals surface area contributed by atoms with Gasteiger partial charge >= 0.3 is 0 Å². The molecule has 0 atom stereocenters. The van der Waals surface area contributed by atoms with Crippen LogP contribution < -0.4 is 4.74 Å². The maximum Gasteiger partial charge on any atom is 0.121 e. The Hall–Kier alpha value is -0.335. The first-order chi connectivity index (χ1) is 5.69. The molecule has 0 aromatic heterocycles. The van der Waals surface area contributed by atoms with Gasteiger partial charge in [-0.15, -0.1) is 0 Å². The normalized spacial score (nSPS) is 9.92. The van der Waals surface area contributed by atoms with Gasteiger partial charge in [-0.2, -0.15) is 0 Å². The summed E-state index contributed by atoms with van der Waals surface area (Å²) in [7, 11) is 3.60. The Morgan fingerprint density at radius 3 is 2.17 bits per heavy atom. The number of methoxy groups -OCH3 is 1. The Morgan fingerprint density at radius 1 is 1.33 bits per heavy atom. The molecular weight excluding hydrogens is 194 g/mol. The lowest BCUT2D eigenvalue weighted by Gasteiger charge is -2.06. The molecule has 0 saturated heterocycles. The summed E-state index contributed by atoms with van der Waals surface area (Å²) in [6, 6.07) is 3.54. The molecule has 0 unspecified atom stereocenters. The van der Waals surface area contributed by atoms with Crippen LogP contribution in [0.1, 0.15) is 5.56 Å². The topological polar surface area (TPSA) is 9.23 Å². The Labute approximate surface area is 83.0 Å². The lowest BCUT2D eigenvalue weighted by Crippen LogP contribution is -1.90. The number of hydrogen-bond acceptors (Lipinski definition) is 1. The van der Waals surface area contributed by atoms with Gasteiger partial charge in [0, 0.05) is 10.0 Å². The molecule has 0 N–H and O–H groups in total. The second-order valence-electron chi connectivity index (χ2n) is 2.42. The molecule has 0 aliphatic carbocycles. The van der Waals surface area contributed by atoms with Gasteiger partial charge in [0.1, 0.15) is 13.6 Å². The van der Waals surface area contributed by atoms with Crippen LogP contribution >= 0.6 is 23.2 Å². The second kappa shape index (κ2) is 4.06. The van der Waals surface area contributed by atoms with E-state index in [-0.39, 0.29) is 0 Å². The monoisotopic (exact) mass is 202 g/mol. The lowest BCUT2D eigenvalue weighted by molar-refractivity contribution is 0.415. The number of hydrogen-bond donors (Lipinski definition) is 0. The summed E-state index contributed by atoms with van der Waals surface area (Å²) >= 11 is 11.9. The number of halogens is 2. The van der Waals surface area contributed by atoms with E-state index < -0.39 is 0 Å². The summed E-state index contributed by atoms with van der Waals surface area (Å²) in [4.78, 5) is 0. The van der Waals surface area contributed by atoms with Crippen molar-refractivity contribution < 1.29 is 4.74 Å². The van der Waals surface area contributed by atoms with E-state index in [0.717, 1.165) is 11.9 Å². The Bertz CT molecular complexity index is 265. The highest BCUT2D eigenvalue weighted by atomic mass is 35.5. The summed E-state index contributed by atoms with van der Waals surface area (Å²) < 4.78 is 5.01. The molecule has 12 heavy (non-hydrogen) atoms. The summed E-state index contributed by atoms with van der Waals surface area (Å²) in [6.07, 6.45) is 0.835. The second-order valence-corrected chi connectivity index (χ2v) is 3.24. The van der Waals surface area contributed by atoms with Crippen molar-refractivity contribution in [1.29, 1.82) is 0 Å². The van der Waals surface area contributed by atoms with Gasteiger partial charge in [-0.1, -0.05) is 29.5 Å². The first kappa shape index (κ1) is 9.75. The van der Waals surface area contributed by atoms with E-state index in [2.05, 4.69) is 0 Å². The predicted molar refractivity (Wildman–Crippen MR) is 55.3 cm³/mol. The van der Waals surface area contributed by atoms with Crippen LogP contribution in [0.25, 0.3) is 0 Å². The number of rotatable bonds is 2. The van der Waals surface area contributed by atoms with Crippen LogP contribution in [0.15, 0.2) is 12.1 Å². The molecule has 0 aliphatic heterocycles. The van der Waals surface area contributed by atoms with E-state index in [9.17, 15) is 0 Å². The third-order valence-corrected chi connectivity index (χ3v) is 2.38. The Kier molecular flexibility index (Phi) is 3.30. The first-order valence-electron chi connectivity index (χ1n) is 3.71. The SMILES string of the molecule is BCc1c(Cl)cc(OC)cc1Cl. The molecule has 0 heterocycles. The van der Waals surface area contributed by atoms with Gasteiger partial charge in [0.15, 0.2) is 0 Å². The Morgan fingerprint density at radius 2 is 1.83 bits per heavy atom. The van der Waals surface area contributed by atoms with Crippen LogP contribution in [-0.4, -0.2) is 15.0 Å². The van der Waals surface area contributed by atoms with Crippen LogP contribution in [0.4, 0.5) is 0 Å². The molecule has 0 aliphatic rings. The minimum Gasteiger partial charge on any atom is -0.497 e. The average molecular weight is 203 g/mol. The molecule has 0 spiro atoms. The van der Waals surface area contributed by atoms with E-state index in [0.29, 0.717) is 15.8 Å². The van der Waals surface area contributed by atoms with Crippen molar-refractivity contribution in [2.45, 2.75) is 6.32 Å². The molecule has 1 rings (SSSR count). The van der Waals surface area contributed by atoms with Gasteiger partial charge in [-0.05, 0) is 17.7 Å². The zero-order chi connectivity index (χ0) is 9.14. The molecule has 1 aromatic rings. The predicted octanol–water partition coefficient (Wildman–Crippen LogP) is 2.14. The molecule has 1 nitrogen and oxygen atoms in total. The summed E-state index contributed by atoms with van der Waals surface area (Å²) in [6.45, 7) is 0. The maximum atomic E-state index is 5.95. The maximum absolute atomic E-state index is 5.95. The molecule has 4 heteroatoms. The number of benzene rings is 1. The van der Waals surface area contributed by atoms with E-state index in [4.69, 9.17) is 27.9 Å². The molecule has 0 radical (unpaired) electrons. The molecule has 0 saturated carbocycles. The van der Waals surface area contributed by atoms with Gasteiger partial charge in [0.05, 0.1) is 7.11 Å². The molecule has 0 fully saturated rings. The summed E-state index contributed by atoms with van der Waals surface area (Å²) in [5.41, 5.74) is 0.971. The van der Waals surface area contributed by atoms with Crippen LogP contribution in [-0.2, 0) is 6.32 Å².